The molecule has 2 N–H and O–H groups in total. The average molecular weight is 262 g/mol. The third-order valence-electron chi connectivity index (χ3n) is 3.23. The molecule has 19 heavy (non-hydrogen) atoms. The highest BCUT2D eigenvalue weighted by Crippen LogP contribution is 2.17. The summed E-state index contributed by atoms with van der Waals surface area (Å²) < 4.78 is 5.47. The van der Waals surface area contributed by atoms with Crippen molar-refractivity contribution in [1.29, 1.82) is 0 Å². The normalized spacial score (nSPS) is 18.5. The molecule has 4 heteroatoms. The van der Waals surface area contributed by atoms with Gasteiger partial charge in [-0.1, -0.05) is 19.1 Å². The van der Waals surface area contributed by atoms with E-state index < -0.39 is 0 Å². The maximum absolute atomic E-state index is 11.9. The van der Waals surface area contributed by atoms with Crippen LogP contribution in [0, 0.1) is 0 Å². The highest BCUT2D eigenvalue weighted by molar-refractivity contribution is 5.91. The van der Waals surface area contributed by atoms with Gasteiger partial charge in [0.1, 0.15) is 0 Å². The fourth-order valence-corrected chi connectivity index (χ4v) is 2.25. The van der Waals surface area contributed by atoms with Crippen molar-refractivity contribution >= 4 is 11.6 Å². The standard InChI is InChI=1S/C15H22N2O2/c1-2-16-11-12-5-3-6-13(9-12)17-15(18)10-14-7-4-8-19-14/h3,5-6,9,14,16H,2,4,7-8,10-11H2,1H3,(H,17,18). The fraction of sp³-hybridized carbons (Fsp3) is 0.533. The molecule has 1 amide bonds. The van der Waals surface area contributed by atoms with E-state index in [9.17, 15) is 4.79 Å². The monoisotopic (exact) mass is 262 g/mol. The minimum absolute atomic E-state index is 0.0347. The van der Waals surface area contributed by atoms with Crippen LogP contribution in [-0.4, -0.2) is 25.2 Å². The first-order valence-electron chi connectivity index (χ1n) is 6.99. The Bertz CT molecular complexity index is 414. The number of benzene rings is 1. The van der Waals surface area contributed by atoms with Gasteiger partial charge in [0, 0.05) is 18.8 Å². The molecule has 2 rings (SSSR count). The summed E-state index contributed by atoms with van der Waals surface area (Å²) in [4.78, 5) is 11.9. The average Bonchev–Trinajstić information content (AvgIpc) is 2.89. The van der Waals surface area contributed by atoms with E-state index in [0.717, 1.165) is 38.2 Å². The van der Waals surface area contributed by atoms with Crippen LogP contribution in [0.2, 0.25) is 0 Å². The fourth-order valence-electron chi connectivity index (χ4n) is 2.25. The molecule has 1 aliphatic rings. The molecule has 1 atom stereocenters. The summed E-state index contributed by atoms with van der Waals surface area (Å²) in [7, 11) is 0. The maximum atomic E-state index is 11.9. The predicted octanol–water partition coefficient (Wildman–Crippen LogP) is 2.30. The van der Waals surface area contributed by atoms with Crippen molar-refractivity contribution in [1.82, 2.24) is 5.32 Å². The lowest BCUT2D eigenvalue weighted by Gasteiger charge is -2.11. The summed E-state index contributed by atoms with van der Waals surface area (Å²) in [5.41, 5.74) is 2.04. The molecule has 0 spiro atoms. The Morgan fingerprint density at radius 3 is 3.11 bits per heavy atom. The van der Waals surface area contributed by atoms with E-state index in [2.05, 4.69) is 23.6 Å². The molecule has 1 unspecified atom stereocenters. The maximum Gasteiger partial charge on any atom is 0.226 e. The van der Waals surface area contributed by atoms with Gasteiger partial charge in [-0.15, -0.1) is 0 Å². The van der Waals surface area contributed by atoms with Crippen molar-refractivity contribution in [2.45, 2.75) is 38.8 Å². The molecule has 0 radical (unpaired) electrons. The Kier molecular flexibility index (Phi) is 5.36. The van der Waals surface area contributed by atoms with Gasteiger partial charge < -0.3 is 15.4 Å². The van der Waals surface area contributed by atoms with E-state index in [1.807, 2.05) is 18.2 Å². The Morgan fingerprint density at radius 2 is 2.37 bits per heavy atom. The second-order valence-electron chi connectivity index (χ2n) is 4.87. The molecule has 0 aromatic heterocycles. The third kappa shape index (κ3) is 4.65. The summed E-state index contributed by atoms with van der Waals surface area (Å²) >= 11 is 0. The first kappa shape index (κ1) is 14.0. The van der Waals surface area contributed by atoms with Gasteiger partial charge in [0.15, 0.2) is 0 Å². The molecule has 1 fully saturated rings. The highest BCUT2D eigenvalue weighted by Gasteiger charge is 2.18. The van der Waals surface area contributed by atoms with Gasteiger partial charge in [-0.05, 0) is 37.1 Å². The molecule has 1 aromatic carbocycles. The molecule has 1 heterocycles. The van der Waals surface area contributed by atoms with Crippen LogP contribution < -0.4 is 10.6 Å². The van der Waals surface area contributed by atoms with Gasteiger partial charge in [0.25, 0.3) is 0 Å². The number of nitrogens with one attached hydrogen (secondary N) is 2. The van der Waals surface area contributed by atoms with Gasteiger partial charge in [-0.3, -0.25) is 4.79 Å². The summed E-state index contributed by atoms with van der Waals surface area (Å²) in [6, 6.07) is 7.95. The Balaban J connectivity index is 1.85. The Labute approximate surface area is 114 Å². The van der Waals surface area contributed by atoms with E-state index in [0.29, 0.717) is 6.42 Å². The number of hydrogen-bond acceptors (Lipinski definition) is 3. The summed E-state index contributed by atoms with van der Waals surface area (Å²) in [5, 5.41) is 6.21. The molecular weight excluding hydrogens is 240 g/mol. The van der Waals surface area contributed by atoms with E-state index >= 15 is 0 Å². The Hall–Kier alpha value is -1.39. The molecule has 0 aliphatic carbocycles. The largest absolute Gasteiger partial charge is 0.378 e. The minimum Gasteiger partial charge on any atom is -0.378 e. The van der Waals surface area contributed by atoms with Gasteiger partial charge in [-0.2, -0.15) is 0 Å². The molecule has 104 valence electrons. The second-order valence-corrected chi connectivity index (χ2v) is 4.87. The lowest BCUT2D eigenvalue weighted by atomic mass is 10.1. The summed E-state index contributed by atoms with van der Waals surface area (Å²) in [6.07, 6.45) is 2.62. The van der Waals surface area contributed by atoms with Crippen LogP contribution in [0.5, 0.6) is 0 Å². The number of rotatable bonds is 6. The third-order valence-corrected chi connectivity index (χ3v) is 3.23. The number of carbonyl (C=O) groups is 1. The van der Waals surface area contributed by atoms with Crippen LogP contribution in [0.3, 0.4) is 0 Å². The Morgan fingerprint density at radius 1 is 1.47 bits per heavy atom. The zero-order valence-corrected chi connectivity index (χ0v) is 11.4. The number of carbonyl (C=O) groups excluding carboxylic acids is 1. The summed E-state index contributed by atoms with van der Waals surface area (Å²) in [5.74, 6) is 0.0347. The van der Waals surface area contributed by atoms with Crippen molar-refractivity contribution < 1.29 is 9.53 Å². The lowest BCUT2D eigenvalue weighted by Crippen LogP contribution is -2.19. The van der Waals surface area contributed by atoms with Crippen LogP contribution >= 0.6 is 0 Å². The van der Waals surface area contributed by atoms with Gasteiger partial charge in [0.2, 0.25) is 5.91 Å². The SMILES string of the molecule is CCNCc1cccc(NC(=O)CC2CCCO2)c1. The van der Waals surface area contributed by atoms with Gasteiger partial charge in [-0.25, -0.2) is 0 Å². The number of anilines is 1. The predicted molar refractivity (Wildman–Crippen MR) is 76.0 cm³/mol. The van der Waals surface area contributed by atoms with Crippen molar-refractivity contribution in [3.05, 3.63) is 29.8 Å². The molecule has 1 aliphatic heterocycles. The van der Waals surface area contributed by atoms with Gasteiger partial charge >= 0.3 is 0 Å². The van der Waals surface area contributed by atoms with Crippen LogP contribution in [0.15, 0.2) is 24.3 Å². The lowest BCUT2D eigenvalue weighted by molar-refractivity contribution is -0.118. The summed E-state index contributed by atoms with van der Waals surface area (Å²) in [6.45, 7) is 4.63. The van der Waals surface area contributed by atoms with E-state index in [4.69, 9.17) is 4.74 Å². The van der Waals surface area contributed by atoms with E-state index in [-0.39, 0.29) is 12.0 Å². The van der Waals surface area contributed by atoms with Crippen LogP contribution in [0.1, 0.15) is 31.7 Å². The molecule has 1 aromatic rings. The number of amides is 1. The van der Waals surface area contributed by atoms with E-state index in [1.54, 1.807) is 0 Å². The number of hydrogen-bond donors (Lipinski definition) is 2. The first-order chi connectivity index (χ1) is 9.28. The van der Waals surface area contributed by atoms with Crippen molar-refractivity contribution in [2.24, 2.45) is 0 Å². The molecule has 1 saturated heterocycles. The topological polar surface area (TPSA) is 50.4 Å². The molecule has 0 bridgehead atoms. The highest BCUT2D eigenvalue weighted by atomic mass is 16.5. The number of ether oxygens (including phenoxy) is 1. The van der Waals surface area contributed by atoms with E-state index in [1.165, 1.54) is 5.56 Å². The van der Waals surface area contributed by atoms with Crippen molar-refractivity contribution in [3.8, 4) is 0 Å². The van der Waals surface area contributed by atoms with Crippen LogP contribution in [0.25, 0.3) is 0 Å². The molecular formula is C15H22N2O2. The zero-order chi connectivity index (χ0) is 13.5. The van der Waals surface area contributed by atoms with Crippen molar-refractivity contribution in [3.63, 3.8) is 0 Å². The van der Waals surface area contributed by atoms with Crippen LogP contribution in [0.4, 0.5) is 5.69 Å². The first-order valence-corrected chi connectivity index (χ1v) is 6.99. The van der Waals surface area contributed by atoms with Crippen molar-refractivity contribution in [2.75, 3.05) is 18.5 Å². The smallest absolute Gasteiger partial charge is 0.226 e. The zero-order valence-electron chi connectivity index (χ0n) is 11.4. The molecule has 4 nitrogen and oxygen atoms in total. The second kappa shape index (κ2) is 7.26. The van der Waals surface area contributed by atoms with Gasteiger partial charge in [0.05, 0.1) is 12.5 Å². The van der Waals surface area contributed by atoms with Crippen LogP contribution in [-0.2, 0) is 16.1 Å². The molecule has 0 saturated carbocycles. The quantitative estimate of drug-likeness (QED) is 0.827. The minimum atomic E-state index is 0.0347.